The molecule has 256 valence electrons. The Balaban J connectivity index is 1.84. The SMILES string of the molecule is CCOC(=O)CC(O)[C@H](Cc1c[nH]c2ccccc12)NC(=O)[C@@H](NC(=O)[C@H](C)N(C(=O)OC(C)(C)C)C1CCCCC1)[C@@H](C)CC. The third kappa shape index (κ3) is 10.2. The number of hydrogen-bond acceptors (Lipinski definition) is 7. The fourth-order valence-electron chi connectivity index (χ4n) is 6.03. The smallest absolute Gasteiger partial charge is 0.411 e. The number of carbonyl (C=O) groups excluding carboxylic acids is 4. The number of ether oxygens (including phenoxy) is 2. The molecule has 0 saturated heterocycles. The van der Waals surface area contributed by atoms with Crippen molar-refractivity contribution in [3.8, 4) is 0 Å². The number of carbonyl (C=O) groups is 4. The van der Waals surface area contributed by atoms with Crippen LogP contribution in [0.2, 0.25) is 0 Å². The van der Waals surface area contributed by atoms with Gasteiger partial charge in [0.1, 0.15) is 17.7 Å². The summed E-state index contributed by atoms with van der Waals surface area (Å²) in [5.41, 5.74) is 1.04. The Morgan fingerprint density at radius 2 is 1.70 bits per heavy atom. The van der Waals surface area contributed by atoms with Crippen LogP contribution in [0.1, 0.15) is 99.0 Å². The average Bonchev–Trinajstić information content (AvgIpc) is 3.41. The summed E-state index contributed by atoms with van der Waals surface area (Å²) in [5, 5.41) is 18.0. The van der Waals surface area contributed by atoms with Crippen LogP contribution in [0, 0.1) is 5.92 Å². The van der Waals surface area contributed by atoms with E-state index in [2.05, 4.69) is 15.6 Å². The highest BCUT2D eigenvalue weighted by atomic mass is 16.6. The minimum atomic E-state index is -1.24. The van der Waals surface area contributed by atoms with Crippen LogP contribution in [0.5, 0.6) is 0 Å². The molecule has 0 spiro atoms. The van der Waals surface area contributed by atoms with Crippen molar-refractivity contribution in [2.75, 3.05) is 6.61 Å². The second-order valence-corrected chi connectivity index (χ2v) is 13.5. The van der Waals surface area contributed by atoms with Gasteiger partial charge in [-0.2, -0.15) is 0 Å². The first-order valence-electron chi connectivity index (χ1n) is 16.8. The lowest BCUT2D eigenvalue weighted by atomic mass is 9.93. The number of rotatable bonds is 14. The van der Waals surface area contributed by atoms with Gasteiger partial charge in [0.25, 0.3) is 0 Å². The molecule has 3 rings (SSSR count). The van der Waals surface area contributed by atoms with Gasteiger partial charge < -0.3 is 30.2 Å². The lowest BCUT2D eigenvalue weighted by Crippen LogP contribution is -2.60. The molecule has 1 aromatic heterocycles. The van der Waals surface area contributed by atoms with Crippen molar-refractivity contribution in [3.63, 3.8) is 0 Å². The van der Waals surface area contributed by atoms with Gasteiger partial charge >= 0.3 is 12.1 Å². The van der Waals surface area contributed by atoms with Gasteiger partial charge in [-0.05, 0) is 71.4 Å². The van der Waals surface area contributed by atoms with E-state index in [1.54, 1.807) is 34.6 Å². The first kappa shape index (κ1) is 36.9. The van der Waals surface area contributed by atoms with Crippen LogP contribution in [-0.2, 0) is 30.3 Å². The number of nitrogens with one attached hydrogen (secondary N) is 3. The van der Waals surface area contributed by atoms with Crippen molar-refractivity contribution in [1.29, 1.82) is 0 Å². The molecule has 1 fully saturated rings. The van der Waals surface area contributed by atoms with Gasteiger partial charge in [0.05, 0.1) is 25.2 Å². The predicted octanol–water partition coefficient (Wildman–Crippen LogP) is 5.00. The zero-order valence-electron chi connectivity index (χ0n) is 28.6. The quantitative estimate of drug-likeness (QED) is 0.212. The number of fused-ring (bicyclic) bond motifs is 1. The lowest BCUT2D eigenvalue weighted by Gasteiger charge is -2.39. The van der Waals surface area contributed by atoms with Gasteiger partial charge in [0, 0.05) is 23.1 Å². The fourth-order valence-corrected chi connectivity index (χ4v) is 6.03. The molecule has 1 aliphatic carbocycles. The molecule has 2 aromatic rings. The first-order valence-corrected chi connectivity index (χ1v) is 16.8. The molecule has 11 heteroatoms. The van der Waals surface area contributed by atoms with Crippen LogP contribution in [0.25, 0.3) is 10.9 Å². The van der Waals surface area contributed by atoms with Crippen LogP contribution < -0.4 is 10.6 Å². The molecule has 1 aromatic carbocycles. The number of nitrogens with zero attached hydrogens (tertiary/aromatic N) is 1. The van der Waals surface area contributed by atoms with E-state index in [1.807, 2.05) is 44.3 Å². The summed E-state index contributed by atoms with van der Waals surface area (Å²) < 4.78 is 10.8. The molecule has 1 aliphatic rings. The van der Waals surface area contributed by atoms with Crippen molar-refractivity contribution in [1.82, 2.24) is 20.5 Å². The minimum Gasteiger partial charge on any atom is -0.466 e. The molecule has 4 N–H and O–H groups in total. The summed E-state index contributed by atoms with van der Waals surface area (Å²) in [4.78, 5) is 58.2. The van der Waals surface area contributed by atoms with Crippen molar-refractivity contribution in [2.45, 2.75) is 136 Å². The molecular weight excluding hydrogens is 588 g/mol. The topological polar surface area (TPSA) is 150 Å². The normalized spacial score (nSPS) is 17.3. The predicted molar refractivity (Wildman–Crippen MR) is 177 cm³/mol. The Kier molecular flexibility index (Phi) is 13.5. The highest BCUT2D eigenvalue weighted by Gasteiger charge is 2.38. The lowest BCUT2D eigenvalue weighted by molar-refractivity contribution is -0.146. The molecule has 0 radical (unpaired) electrons. The van der Waals surface area contributed by atoms with Gasteiger partial charge in [0.15, 0.2) is 0 Å². The summed E-state index contributed by atoms with van der Waals surface area (Å²) in [6, 6.07) is 4.88. The van der Waals surface area contributed by atoms with Gasteiger partial charge in [-0.15, -0.1) is 0 Å². The standard InChI is InChI=1S/C35H54N4O7/c1-8-22(3)31(38-32(42)23(4)39(25-15-11-10-12-16-25)34(44)46-35(5,6)7)33(43)37-28(29(40)20-30(41)45-9-2)19-24-21-36-27-18-14-13-17-26(24)27/h13-14,17-18,21-23,25,28-29,31,36,40H,8-12,15-16,19-20H2,1-7H3,(H,37,43)(H,38,42)/t22-,23-,28-,29?,31-/m0/s1. The van der Waals surface area contributed by atoms with Crippen molar-refractivity contribution in [2.24, 2.45) is 5.92 Å². The molecule has 0 bridgehead atoms. The summed E-state index contributed by atoms with van der Waals surface area (Å²) in [5.74, 6) is -1.78. The summed E-state index contributed by atoms with van der Waals surface area (Å²) in [6.07, 6.45) is 5.12. The Bertz CT molecular complexity index is 1310. The van der Waals surface area contributed by atoms with Gasteiger partial charge in [-0.3, -0.25) is 19.3 Å². The Morgan fingerprint density at radius 3 is 2.33 bits per heavy atom. The number of aliphatic hydroxyl groups is 1. The summed E-state index contributed by atoms with van der Waals surface area (Å²) in [6.45, 7) is 12.7. The maximum atomic E-state index is 13.9. The molecule has 46 heavy (non-hydrogen) atoms. The highest BCUT2D eigenvalue weighted by Crippen LogP contribution is 2.27. The van der Waals surface area contributed by atoms with Crippen LogP contribution in [0.15, 0.2) is 30.5 Å². The number of hydrogen-bond donors (Lipinski definition) is 4. The zero-order valence-corrected chi connectivity index (χ0v) is 28.6. The second kappa shape index (κ2) is 16.8. The number of amides is 3. The van der Waals surface area contributed by atoms with E-state index < -0.39 is 53.7 Å². The number of H-pyrrole nitrogens is 1. The van der Waals surface area contributed by atoms with Crippen LogP contribution in [-0.4, -0.2) is 81.3 Å². The van der Waals surface area contributed by atoms with Crippen molar-refractivity contribution >= 4 is 34.8 Å². The van der Waals surface area contributed by atoms with Crippen molar-refractivity contribution in [3.05, 3.63) is 36.0 Å². The number of aromatic amines is 1. The monoisotopic (exact) mass is 642 g/mol. The number of esters is 1. The molecule has 3 amide bonds. The van der Waals surface area contributed by atoms with E-state index in [0.717, 1.165) is 48.6 Å². The van der Waals surface area contributed by atoms with Gasteiger partial charge in [-0.25, -0.2) is 4.79 Å². The maximum absolute atomic E-state index is 13.9. The largest absolute Gasteiger partial charge is 0.466 e. The molecular formula is C35H54N4O7. The molecule has 0 aliphatic heterocycles. The Labute approximate surface area is 273 Å². The summed E-state index contributed by atoms with van der Waals surface area (Å²) in [7, 11) is 0. The van der Waals surface area contributed by atoms with Crippen LogP contribution >= 0.6 is 0 Å². The molecule has 1 saturated carbocycles. The van der Waals surface area contributed by atoms with E-state index in [0.29, 0.717) is 6.42 Å². The van der Waals surface area contributed by atoms with E-state index in [-0.39, 0.29) is 31.4 Å². The number of para-hydroxylation sites is 1. The Morgan fingerprint density at radius 1 is 1.02 bits per heavy atom. The highest BCUT2D eigenvalue weighted by molar-refractivity contribution is 5.91. The third-order valence-electron chi connectivity index (χ3n) is 8.75. The van der Waals surface area contributed by atoms with Crippen LogP contribution in [0.3, 0.4) is 0 Å². The Hall–Kier alpha value is -3.60. The first-order chi connectivity index (χ1) is 21.7. The second-order valence-electron chi connectivity index (χ2n) is 13.5. The average molecular weight is 643 g/mol. The molecule has 11 nitrogen and oxygen atoms in total. The maximum Gasteiger partial charge on any atom is 0.411 e. The van der Waals surface area contributed by atoms with Crippen molar-refractivity contribution < 1.29 is 33.8 Å². The van der Waals surface area contributed by atoms with E-state index in [9.17, 15) is 24.3 Å². The zero-order chi connectivity index (χ0) is 34.0. The molecule has 1 unspecified atom stereocenters. The number of aromatic nitrogens is 1. The molecule has 5 atom stereocenters. The van der Waals surface area contributed by atoms with E-state index >= 15 is 0 Å². The third-order valence-corrected chi connectivity index (χ3v) is 8.75. The molecule has 1 heterocycles. The van der Waals surface area contributed by atoms with Gasteiger partial charge in [-0.1, -0.05) is 57.7 Å². The van der Waals surface area contributed by atoms with E-state index in [1.165, 1.54) is 4.90 Å². The summed E-state index contributed by atoms with van der Waals surface area (Å²) >= 11 is 0. The minimum absolute atomic E-state index is 0.140. The van der Waals surface area contributed by atoms with Gasteiger partial charge in [0.2, 0.25) is 11.8 Å². The van der Waals surface area contributed by atoms with E-state index in [4.69, 9.17) is 9.47 Å². The van der Waals surface area contributed by atoms with Crippen LogP contribution in [0.4, 0.5) is 4.79 Å². The number of aliphatic hydroxyl groups excluding tert-OH is 1. The fraction of sp³-hybridized carbons (Fsp3) is 0.657. The number of benzene rings is 1.